The van der Waals surface area contributed by atoms with E-state index in [0.29, 0.717) is 9.79 Å². The summed E-state index contributed by atoms with van der Waals surface area (Å²) in [5.41, 5.74) is -0.312. The zero-order chi connectivity index (χ0) is 13.1. The lowest BCUT2D eigenvalue weighted by molar-refractivity contribution is -0.385. The van der Waals surface area contributed by atoms with Crippen molar-refractivity contribution < 1.29 is 14.4 Å². The summed E-state index contributed by atoms with van der Waals surface area (Å²) < 4.78 is 13.2. The molecule has 4 nitrogen and oxygen atoms in total. The fraction of sp³-hybridized carbons (Fsp3) is 0. The van der Waals surface area contributed by atoms with Gasteiger partial charge in [0, 0.05) is 11.0 Å². The van der Waals surface area contributed by atoms with E-state index in [4.69, 9.17) is 0 Å². The predicted molar refractivity (Wildman–Crippen MR) is 65.3 cm³/mol. The van der Waals surface area contributed by atoms with Crippen molar-refractivity contribution in [1.82, 2.24) is 0 Å². The van der Waals surface area contributed by atoms with E-state index < -0.39 is 10.7 Å². The van der Waals surface area contributed by atoms with E-state index in [2.05, 4.69) is 0 Å². The Labute approximate surface area is 106 Å². The smallest absolute Gasteiger partial charge is 0.273 e. The van der Waals surface area contributed by atoms with Gasteiger partial charge < -0.3 is 5.11 Å². The molecule has 1 N–H and O–H groups in total. The molecule has 0 unspecified atom stereocenters. The average Bonchev–Trinajstić information content (AvgIpc) is 2.31. The third-order valence-electron chi connectivity index (χ3n) is 2.16. The fourth-order valence-corrected chi connectivity index (χ4v) is 2.31. The zero-order valence-corrected chi connectivity index (χ0v) is 9.86. The normalized spacial score (nSPS) is 10.3. The van der Waals surface area contributed by atoms with Crippen molar-refractivity contribution in [2.24, 2.45) is 0 Å². The topological polar surface area (TPSA) is 63.4 Å². The molecule has 0 radical (unpaired) electrons. The van der Waals surface area contributed by atoms with Gasteiger partial charge in [-0.15, -0.1) is 0 Å². The SMILES string of the molecule is O=[N+]([O-])c1cc(F)cc(Sc2ccccc2O)c1. The highest BCUT2D eigenvalue weighted by Gasteiger charge is 2.11. The number of nitro benzene ring substituents is 1. The Morgan fingerprint density at radius 2 is 1.94 bits per heavy atom. The number of phenolic OH excluding ortho intramolecular Hbond substituents is 1. The summed E-state index contributed by atoms with van der Waals surface area (Å²) in [6, 6.07) is 9.83. The highest BCUT2D eigenvalue weighted by atomic mass is 32.2. The van der Waals surface area contributed by atoms with Gasteiger partial charge in [-0.1, -0.05) is 23.9 Å². The number of hydrogen-bond acceptors (Lipinski definition) is 4. The first-order chi connectivity index (χ1) is 8.56. The second-order valence-electron chi connectivity index (χ2n) is 3.47. The maximum atomic E-state index is 13.2. The summed E-state index contributed by atoms with van der Waals surface area (Å²) in [6.07, 6.45) is 0. The van der Waals surface area contributed by atoms with Crippen molar-refractivity contribution in [3.8, 4) is 5.75 Å². The minimum Gasteiger partial charge on any atom is -0.507 e. The van der Waals surface area contributed by atoms with Gasteiger partial charge in [0.1, 0.15) is 11.6 Å². The van der Waals surface area contributed by atoms with Gasteiger partial charge in [-0.2, -0.15) is 0 Å². The molecule has 6 heteroatoms. The van der Waals surface area contributed by atoms with Crippen LogP contribution in [-0.4, -0.2) is 10.0 Å². The Kier molecular flexibility index (Phi) is 3.47. The van der Waals surface area contributed by atoms with E-state index in [1.54, 1.807) is 18.2 Å². The molecule has 18 heavy (non-hydrogen) atoms. The van der Waals surface area contributed by atoms with Crippen molar-refractivity contribution in [1.29, 1.82) is 0 Å². The Balaban J connectivity index is 2.35. The van der Waals surface area contributed by atoms with E-state index in [0.717, 1.165) is 17.8 Å². The molecule has 0 saturated heterocycles. The maximum absolute atomic E-state index is 13.2. The van der Waals surface area contributed by atoms with Crippen LogP contribution in [0.25, 0.3) is 0 Å². The highest BCUT2D eigenvalue weighted by molar-refractivity contribution is 7.99. The summed E-state index contributed by atoms with van der Waals surface area (Å²) in [5, 5.41) is 20.2. The van der Waals surface area contributed by atoms with Crippen LogP contribution in [0.5, 0.6) is 5.75 Å². The van der Waals surface area contributed by atoms with Crippen LogP contribution >= 0.6 is 11.8 Å². The number of non-ortho nitro benzene ring substituents is 1. The van der Waals surface area contributed by atoms with Gasteiger partial charge in [0.2, 0.25) is 0 Å². The van der Waals surface area contributed by atoms with E-state index in [1.807, 2.05) is 0 Å². The molecule has 0 aliphatic rings. The van der Waals surface area contributed by atoms with Gasteiger partial charge in [0.15, 0.2) is 0 Å². The molecule has 2 aromatic rings. The molecule has 0 bridgehead atoms. The lowest BCUT2D eigenvalue weighted by Gasteiger charge is -2.04. The summed E-state index contributed by atoms with van der Waals surface area (Å²) in [7, 11) is 0. The van der Waals surface area contributed by atoms with Crippen molar-refractivity contribution in [2.75, 3.05) is 0 Å². The molecule has 2 rings (SSSR count). The Bertz CT molecular complexity index is 604. The van der Waals surface area contributed by atoms with Crippen LogP contribution in [0.2, 0.25) is 0 Å². The second-order valence-corrected chi connectivity index (χ2v) is 4.59. The van der Waals surface area contributed by atoms with Crippen LogP contribution in [0, 0.1) is 15.9 Å². The molecule has 0 aromatic heterocycles. The van der Waals surface area contributed by atoms with E-state index >= 15 is 0 Å². The standard InChI is InChI=1S/C12H8FNO3S/c13-8-5-9(14(16)17)7-10(6-8)18-12-4-2-1-3-11(12)15/h1-7,15H. The molecular formula is C12H8FNO3S. The number of nitrogens with zero attached hydrogens (tertiary/aromatic N) is 1. The second kappa shape index (κ2) is 5.05. The van der Waals surface area contributed by atoms with Gasteiger partial charge in [-0.05, 0) is 18.2 Å². The van der Waals surface area contributed by atoms with Crippen molar-refractivity contribution in [3.05, 3.63) is 58.4 Å². The maximum Gasteiger partial charge on any atom is 0.273 e. The summed E-state index contributed by atoms with van der Waals surface area (Å²) in [5.74, 6) is -0.628. The van der Waals surface area contributed by atoms with Crippen LogP contribution in [-0.2, 0) is 0 Å². The number of phenols is 1. The van der Waals surface area contributed by atoms with Crippen LogP contribution in [0.3, 0.4) is 0 Å². The van der Waals surface area contributed by atoms with Gasteiger partial charge in [0.25, 0.3) is 5.69 Å². The van der Waals surface area contributed by atoms with Gasteiger partial charge >= 0.3 is 0 Å². The Hall–Kier alpha value is -2.08. The molecule has 0 atom stereocenters. The fourth-order valence-electron chi connectivity index (χ4n) is 1.38. The largest absolute Gasteiger partial charge is 0.507 e. The lowest BCUT2D eigenvalue weighted by Crippen LogP contribution is -1.89. The molecule has 0 aliphatic carbocycles. The molecule has 0 spiro atoms. The first kappa shape index (κ1) is 12.4. The first-order valence-electron chi connectivity index (χ1n) is 4.97. The van der Waals surface area contributed by atoms with Gasteiger partial charge in [-0.3, -0.25) is 10.1 Å². The Morgan fingerprint density at radius 3 is 2.61 bits per heavy atom. The quantitative estimate of drug-likeness (QED) is 0.680. The van der Waals surface area contributed by atoms with Crippen molar-refractivity contribution >= 4 is 17.4 Å². The molecule has 2 aromatic carbocycles. The van der Waals surface area contributed by atoms with Crippen LogP contribution in [0.1, 0.15) is 0 Å². The number of benzene rings is 2. The minimum absolute atomic E-state index is 0.0504. The molecule has 0 fully saturated rings. The Morgan fingerprint density at radius 1 is 1.22 bits per heavy atom. The number of nitro groups is 1. The van der Waals surface area contributed by atoms with Gasteiger partial charge in [-0.25, -0.2) is 4.39 Å². The predicted octanol–water partition coefficient (Wildman–Crippen LogP) is 3.59. The highest BCUT2D eigenvalue weighted by Crippen LogP contribution is 2.35. The van der Waals surface area contributed by atoms with Gasteiger partial charge in [0.05, 0.1) is 15.9 Å². The minimum atomic E-state index is -0.679. The van der Waals surface area contributed by atoms with Crippen LogP contribution in [0.4, 0.5) is 10.1 Å². The number of hydrogen-bond donors (Lipinski definition) is 1. The first-order valence-corrected chi connectivity index (χ1v) is 5.79. The molecular weight excluding hydrogens is 257 g/mol. The summed E-state index contributed by atoms with van der Waals surface area (Å²) in [4.78, 5) is 10.8. The number of halogens is 1. The van der Waals surface area contributed by atoms with Crippen molar-refractivity contribution in [2.45, 2.75) is 9.79 Å². The van der Waals surface area contributed by atoms with Crippen LogP contribution < -0.4 is 0 Å². The van der Waals surface area contributed by atoms with E-state index in [9.17, 15) is 19.6 Å². The molecule has 0 amide bonds. The molecule has 0 aliphatic heterocycles. The number of rotatable bonds is 3. The number of para-hydroxylation sites is 1. The average molecular weight is 265 g/mol. The third-order valence-corrected chi connectivity index (χ3v) is 3.20. The monoisotopic (exact) mass is 265 g/mol. The number of aromatic hydroxyl groups is 1. The van der Waals surface area contributed by atoms with Crippen LogP contribution in [0.15, 0.2) is 52.3 Å². The molecule has 0 saturated carbocycles. The van der Waals surface area contributed by atoms with Crippen molar-refractivity contribution in [3.63, 3.8) is 0 Å². The zero-order valence-electron chi connectivity index (χ0n) is 9.04. The third kappa shape index (κ3) is 2.78. The van der Waals surface area contributed by atoms with E-state index in [-0.39, 0.29) is 11.4 Å². The lowest BCUT2D eigenvalue weighted by atomic mass is 10.3. The molecule has 92 valence electrons. The summed E-state index contributed by atoms with van der Waals surface area (Å²) in [6.45, 7) is 0. The summed E-state index contributed by atoms with van der Waals surface area (Å²) >= 11 is 1.07. The molecule has 0 heterocycles. The van der Waals surface area contributed by atoms with E-state index in [1.165, 1.54) is 18.2 Å².